The number of hydrogen-bond donors (Lipinski definition) is 2. The van der Waals surface area contributed by atoms with Crippen LogP contribution in [0.15, 0.2) is 36.4 Å². The van der Waals surface area contributed by atoms with E-state index < -0.39 is 41.6 Å². The van der Waals surface area contributed by atoms with Gasteiger partial charge in [0.1, 0.15) is 22.7 Å². The lowest BCUT2D eigenvalue weighted by atomic mass is 10.1. The van der Waals surface area contributed by atoms with Crippen LogP contribution in [0.3, 0.4) is 0 Å². The van der Waals surface area contributed by atoms with Gasteiger partial charge in [0.25, 0.3) is 0 Å². The molecule has 0 unspecified atom stereocenters. The zero-order chi connectivity index (χ0) is 35.9. The Morgan fingerprint density at radius 2 is 0.979 bits per heavy atom. The smallest absolute Gasteiger partial charge is 0.444 e. The third-order valence-electron chi connectivity index (χ3n) is 5.82. The molecule has 48 heavy (non-hydrogen) atoms. The van der Waals surface area contributed by atoms with E-state index in [0.29, 0.717) is 0 Å². The van der Waals surface area contributed by atoms with Crippen molar-refractivity contribution in [1.82, 2.24) is 10.6 Å². The summed E-state index contributed by atoms with van der Waals surface area (Å²) in [6, 6.07) is 3.72. The molecule has 0 aliphatic heterocycles. The van der Waals surface area contributed by atoms with Crippen LogP contribution < -0.4 is 20.1 Å². The molecule has 2 aromatic carbocycles. The number of ether oxygens (including phenoxy) is 6. The highest BCUT2D eigenvalue weighted by Gasteiger charge is 2.19. The number of halogens is 2. The molecule has 2 rings (SSSR count). The van der Waals surface area contributed by atoms with Gasteiger partial charge in [0.15, 0.2) is 0 Å². The van der Waals surface area contributed by atoms with E-state index in [4.69, 9.17) is 28.4 Å². The van der Waals surface area contributed by atoms with Gasteiger partial charge in [0, 0.05) is 13.1 Å². The predicted octanol–water partition coefficient (Wildman–Crippen LogP) is 5.65. The summed E-state index contributed by atoms with van der Waals surface area (Å²) in [4.78, 5) is 58.9. The Balaban J connectivity index is 1.99. The van der Waals surface area contributed by atoms with Crippen LogP contribution in [0.25, 0.3) is 0 Å². The van der Waals surface area contributed by atoms with Crippen LogP contribution >= 0.6 is 0 Å². The summed E-state index contributed by atoms with van der Waals surface area (Å²) in [5, 5.41) is 5.07. The maximum absolute atomic E-state index is 13.4. The Bertz CT molecular complexity index is 1330. The summed E-state index contributed by atoms with van der Waals surface area (Å²) in [7, 11) is 0. The highest BCUT2D eigenvalue weighted by Crippen LogP contribution is 2.25. The summed E-state index contributed by atoms with van der Waals surface area (Å²) >= 11 is 0. The number of carbonyl (C=O) groups is 5. The summed E-state index contributed by atoms with van der Waals surface area (Å²) in [6.07, 6.45) is -2.24. The van der Waals surface area contributed by atoms with Crippen molar-refractivity contribution in [2.45, 2.75) is 65.6 Å². The van der Waals surface area contributed by atoms with E-state index in [9.17, 15) is 32.8 Å². The van der Waals surface area contributed by atoms with E-state index >= 15 is 0 Å². The van der Waals surface area contributed by atoms with Crippen LogP contribution in [-0.2, 0) is 31.8 Å². The number of amides is 2. The number of nitrogens with one attached hydrogen (secondary N) is 2. The molecule has 0 heterocycles. The molecule has 0 bridgehead atoms. The first-order valence-electron chi connectivity index (χ1n) is 15.1. The maximum Gasteiger partial charge on any atom is 0.519 e. The van der Waals surface area contributed by atoms with Gasteiger partial charge in [-0.05, 0) is 102 Å². The molecule has 0 saturated heterocycles. The Morgan fingerprint density at radius 1 is 0.604 bits per heavy atom. The highest BCUT2D eigenvalue weighted by atomic mass is 19.1. The van der Waals surface area contributed by atoms with Crippen LogP contribution in [0.5, 0.6) is 11.5 Å². The minimum atomic E-state index is -1.69. The lowest BCUT2D eigenvalue weighted by molar-refractivity contribution is 0.0490. The minimum absolute atomic E-state index is 0.0431. The Labute approximate surface area is 277 Å². The van der Waals surface area contributed by atoms with Gasteiger partial charge in [-0.1, -0.05) is 0 Å². The van der Waals surface area contributed by atoms with Crippen molar-refractivity contribution >= 4 is 30.4 Å². The standard InChI is InChI=1S/C33H42F2N2O11/c1-32(2,3)47-29(40)36-13-17-43-15-11-21-19-23(27(34)38)7-9-25(21)45-31(42)46-26-10-8-24(28(35)39)20-22(26)12-16-44-18-14-37-30(41)48-33(4,5)6/h7-10,19-20H,11-18H2,1-6H3,(H,36,40)(H,37,41). The number of hydrogen-bond acceptors (Lipinski definition) is 11. The molecule has 0 spiro atoms. The van der Waals surface area contributed by atoms with Crippen molar-refractivity contribution in [3.63, 3.8) is 0 Å². The van der Waals surface area contributed by atoms with E-state index in [-0.39, 0.29) is 86.1 Å². The monoisotopic (exact) mass is 680 g/mol. The second-order valence-corrected chi connectivity index (χ2v) is 12.2. The molecule has 0 saturated carbocycles. The summed E-state index contributed by atoms with van der Waals surface area (Å²) in [5.74, 6) is -0.0863. The van der Waals surface area contributed by atoms with Gasteiger partial charge in [-0.15, -0.1) is 0 Å². The Hall–Kier alpha value is -4.63. The van der Waals surface area contributed by atoms with Crippen molar-refractivity contribution < 1.29 is 61.2 Å². The first kappa shape index (κ1) is 39.5. The van der Waals surface area contributed by atoms with Crippen molar-refractivity contribution in [3.8, 4) is 11.5 Å². The Morgan fingerprint density at radius 3 is 1.31 bits per heavy atom. The number of carbonyl (C=O) groups excluding carboxylic acids is 5. The largest absolute Gasteiger partial charge is 0.519 e. The molecular weight excluding hydrogens is 638 g/mol. The van der Waals surface area contributed by atoms with E-state index in [1.54, 1.807) is 41.5 Å². The fourth-order valence-corrected chi connectivity index (χ4v) is 3.84. The summed E-state index contributed by atoms with van der Waals surface area (Å²) < 4.78 is 58.8. The molecule has 264 valence electrons. The molecule has 0 aromatic heterocycles. The Kier molecular flexibility index (Phi) is 15.4. The number of rotatable bonds is 16. The molecule has 0 aliphatic carbocycles. The third kappa shape index (κ3) is 15.8. The molecule has 2 amide bonds. The fraction of sp³-hybridized carbons (Fsp3) is 0.485. The maximum atomic E-state index is 13.4. The van der Waals surface area contributed by atoms with Gasteiger partial charge in [-0.3, -0.25) is 9.59 Å². The van der Waals surface area contributed by atoms with Crippen LogP contribution in [-0.4, -0.2) is 81.1 Å². The highest BCUT2D eigenvalue weighted by molar-refractivity contribution is 5.89. The molecule has 2 aromatic rings. The molecule has 0 atom stereocenters. The van der Waals surface area contributed by atoms with Gasteiger partial charge < -0.3 is 39.1 Å². The first-order chi connectivity index (χ1) is 22.4. The van der Waals surface area contributed by atoms with Gasteiger partial charge in [0.05, 0.1) is 37.6 Å². The predicted molar refractivity (Wildman–Crippen MR) is 168 cm³/mol. The molecule has 0 aliphatic rings. The molecule has 13 nitrogen and oxygen atoms in total. The zero-order valence-corrected chi connectivity index (χ0v) is 27.9. The molecule has 0 fully saturated rings. The number of benzene rings is 2. The van der Waals surface area contributed by atoms with Crippen molar-refractivity contribution in [1.29, 1.82) is 0 Å². The third-order valence-corrected chi connectivity index (χ3v) is 5.82. The SMILES string of the molecule is CC(C)(C)OC(=O)NCCOCCc1cc(C(=O)F)ccc1OC(=O)Oc1ccc(C(=O)F)cc1CCOCCNC(=O)OC(C)(C)C. The second-order valence-electron chi connectivity index (χ2n) is 12.2. The number of alkyl carbamates (subject to hydrolysis) is 2. The summed E-state index contributed by atoms with van der Waals surface area (Å²) in [6.45, 7) is 11.0. The molecule has 0 radical (unpaired) electrons. The van der Waals surface area contributed by atoms with E-state index in [0.717, 1.165) is 12.1 Å². The average molecular weight is 681 g/mol. The summed E-state index contributed by atoms with van der Waals surface area (Å²) in [5.41, 5.74) is -1.35. The van der Waals surface area contributed by atoms with Gasteiger partial charge in [0.2, 0.25) is 0 Å². The van der Waals surface area contributed by atoms with Gasteiger partial charge in [-0.25, -0.2) is 14.4 Å². The lowest BCUT2D eigenvalue weighted by Gasteiger charge is -2.19. The lowest BCUT2D eigenvalue weighted by Crippen LogP contribution is -2.34. The van der Waals surface area contributed by atoms with Crippen LogP contribution in [0.1, 0.15) is 73.4 Å². The minimum Gasteiger partial charge on any atom is -0.444 e. The molecular formula is C33H42F2N2O11. The molecule has 2 N–H and O–H groups in total. The van der Waals surface area contributed by atoms with E-state index in [2.05, 4.69) is 10.6 Å². The average Bonchev–Trinajstić information content (AvgIpc) is 2.95. The van der Waals surface area contributed by atoms with Crippen LogP contribution in [0, 0.1) is 0 Å². The second kappa shape index (κ2) is 18.6. The van der Waals surface area contributed by atoms with Crippen LogP contribution in [0.4, 0.5) is 23.2 Å². The normalized spacial score (nSPS) is 11.3. The van der Waals surface area contributed by atoms with E-state index in [1.165, 1.54) is 24.3 Å². The van der Waals surface area contributed by atoms with Crippen LogP contribution in [0.2, 0.25) is 0 Å². The van der Waals surface area contributed by atoms with Crippen molar-refractivity contribution in [3.05, 3.63) is 58.7 Å². The van der Waals surface area contributed by atoms with Crippen molar-refractivity contribution in [2.24, 2.45) is 0 Å². The quantitative estimate of drug-likeness (QED) is 0.0974. The zero-order valence-electron chi connectivity index (χ0n) is 27.9. The fourth-order valence-electron chi connectivity index (χ4n) is 3.84. The van der Waals surface area contributed by atoms with E-state index in [1.807, 2.05) is 0 Å². The van der Waals surface area contributed by atoms with Crippen molar-refractivity contribution in [2.75, 3.05) is 39.5 Å². The molecule has 15 heteroatoms. The topological polar surface area (TPSA) is 165 Å². The van der Waals surface area contributed by atoms with Gasteiger partial charge >= 0.3 is 30.4 Å². The first-order valence-corrected chi connectivity index (χ1v) is 15.1. The van der Waals surface area contributed by atoms with Gasteiger partial charge in [-0.2, -0.15) is 8.78 Å².